The molecule has 2 aliphatic rings. The zero-order chi connectivity index (χ0) is 17.3. The van der Waals surface area contributed by atoms with E-state index in [1.807, 2.05) is 0 Å². The summed E-state index contributed by atoms with van der Waals surface area (Å²) >= 11 is 0. The molecule has 2 N–H and O–H groups in total. The number of amides is 3. The van der Waals surface area contributed by atoms with E-state index in [-0.39, 0.29) is 24.9 Å². The SMILES string of the molecule is CC(=O)N1CCN(C(=O)c2cnc(C3CC3)nc2)C[C@H](C(N)=O)C1. The molecule has 0 bridgehead atoms. The van der Waals surface area contributed by atoms with E-state index in [1.54, 1.807) is 9.80 Å². The van der Waals surface area contributed by atoms with Crippen molar-refractivity contribution in [3.05, 3.63) is 23.8 Å². The normalized spacial score (nSPS) is 21.3. The van der Waals surface area contributed by atoms with Gasteiger partial charge in [-0.1, -0.05) is 0 Å². The predicted molar refractivity (Wildman–Crippen MR) is 84.8 cm³/mol. The molecular weight excluding hydrogens is 310 g/mol. The van der Waals surface area contributed by atoms with Gasteiger partial charge in [-0.3, -0.25) is 14.4 Å². The van der Waals surface area contributed by atoms with Crippen LogP contribution in [-0.2, 0) is 9.59 Å². The van der Waals surface area contributed by atoms with Crippen molar-refractivity contribution >= 4 is 17.7 Å². The lowest BCUT2D eigenvalue weighted by atomic mass is 10.1. The van der Waals surface area contributed by atoms with Crippen LogP contribution in [0.5, 0.6) is 0 Å². The van der Waals surface area contributed by atoms with Crippen molar-refractivity contribution in [2.24, 2.45) is 11.7 Å². The molecule has 1 aliphatic carbocycles. The van der Waals surface area contributed by atoms with Crippen molar-refractivity contribution in [2.75, 3.05) is 26.2 Å². The molecule has 1 aliphatic heterocycles. The average Bonchev–Trinajstić information content (AvgIpc) is 3.40. The van der Waals surface area contributed by atoms with E-state index < -0.39 is 11.8 Å². The average molecular weight is 331 g/mol. The van der Waals surface area contributed by atoms with Gasteiger partial charge in [0.1, 0.15) is 5.82 Å². The summed E-state index contributed by atoms with van der Waals surface area (Å²) in [4.78, 5) is 47.6. The van der Waals surface area contributed by atoms with Gasteiger partial charge in [0.2, 0.25) is 11.8 Å². The van der Waals surface area contributed by atoms with Gasteiger partial charge in [-0.15, -0.1) is 0 Å². The topological polar surface area (TPSA) is 109 Å². The number of rotatable bonds is 3. The summed E-state index contributed by atoms with van der Waals surface area (Å²) in [6.45, 7) is 2.62. The molecule has 2 fully saturated rings. The molecule has 1 aromatic heterocycles. The lowest BCUT2D eigenvalue weighted by molar-refractivity contribution is -0.130. The molecule has 2 heterocycles. The van der Waals surface area contributed by atoms with Crippen LogP contribution in [0.2, 0.25) is 0 Å². The second kappa shape index (κ2) is 6.54. The summed E-state index contributed by atoms with van der Waals surface area (Å²) in [6, 6.07) is 0. The van der Waals surface area contributed by atoms with Crippen LogP contribution in [0.1, 0.15) is 41.9 Å². The van der Waals surface area contributed by atoms with Crippen molar-refractivity contribution in [2.45, 2.75) is 25.7 Å². The third-order valence-electron chi connectivity index (χ3n) is 4.52. The number of carbonyl (C=O) groups is 3. The quantitative estimate of drug-likeness (QED) is 0.822. The van der Waals surface area contributed by atoms with Crippen LogP contribution >= 0.6 is 0 Å². The number of nitrogens with two attached hydrogens (primary N) is 1. The van der Waals surface area contributed by atoms with Crippen LogP contribution in [0.15, 0.2) is 12.4 Å². The molecule has 1 saturated heterocycles. The molecule has 0 radical (unpaired) electrons. The maximum Gasteiger partial charge on any atom is 0.257 e. The highest BCUT2D eigenvalue weighted by Gasteiger charge is 2.31. The van der Waals surface area contributed by atoms with Crippen molar-refractivity contribution < 1.29 is 14.4 Å². The molecule has 0 unspecified atom stereocenters. The molecule has 1 aromatic rings. The third kappa shape index (κ3) is 3.52. The van der Waals surface area contributed by atoms with Crippen molar-refractivity contribution in [3.8, 4) is 0 Å². The van der Waals surface area contributed by atoms with E-state index in [0.29, 0.717) is 24.6 Å². The van der Waals surface area contributed by atoms with Gasteiger partial charge in [-0.05, 0) is 12.8 Å². The van der Waals surface area contributed by atoms with Gasteiger partial charge in [-0.25, -0.2) is 9.97 Å². The largest absolute Gasteiger partial charge is 0.369 e. The Balaban J connectivity index is 1.74. The number of hydrogen-bond acceptors (Lipinski definition) is 5. The Labute approximate surface area is 140 Å². The smallest absolute Gasteiger partial charge is 0.257 e. The summed E-state index contributed by atoms with van der Waals surface area (Å²) < 4.78 is 0. The second-order valence-electron chi connectivity index (χ2n) is 6.42. The molecule has 3 amide bonds. The summed E-state index contributed by atoms with van der Waals surface area (Å²) in [5, 5.41) is 0. The Morgan fingerprint density at radius 1 is 1.08 bits per heavy atom. The van der Waals surface area contributed by atoms with E-state index in [4.69, 9.17) is 5.73 Å². The van der Waals surface area contributed by atoms with Crippen LogP contribution < -0.4 is 5.73 Å². The van der Waals surface area contributed by atoms with Gasteiger partial charge in [0.05, 0.1) is 11.5 Å². The third-order valence-corrected chi connectivity index (χ3v) is 4.52. The minimum Gasteiger partial charge on any atom is -0.369 e. The maximum atomic E-state index is 12.7. The van der Waals surface area contributed by atoms with Crippen molar-refractivity contribution in [1.29, 1.82) is 0 Å². The second-order valence-corrected chi connectivity index (χ2v) is 6.42. The van der Waals surface area contributed by atoms with Gasteiger partial charge in [0, 0.05) is 51.4 Å². The van der Waals surface area contributed by atoms with Gasteiger partial charge < -0.3 is 15.5 Å². The number of carbonyl (C=O) groups excluding carboxylic acids is 3. The summed E-state index contributed by atoms with van der Waals surface area (Å²) in [5.74, 6) is -0.258. The zero-order valence-electron chi connectivity index (χ0n) is 13.6. The van der Waals surface area contributed by atoms with E-state index in [2.05, 4.69) is 9.97 Å². The van der Waals surface area contributed by atoms with Gasteiger partial charge in [0.15, 0.2) is 0 Å². The van der Waals surface area contributed by atoms with Crippen LogP contribution in [0.25, 0.3) is 0 Å². The Morgan fingerprint density at radius 2 is 1.67 bits per heavy atom. The van der Waals surface area contributed by atoms with Gasteiger partial charge in [-0.2, -0.15) is 0 Å². The highest BCUT2D eigenvalue weighted by molar-refractivity contribution is 5.94. The van der Waals surface area contributed by atoms with E-state index >= 15 is 0 Å². The Morgan fingerprint density at radius 3 is 2.21 bits per heavy atom. The predicted octanol–water partition coefficient (Wildman–Crippen LogP) is -0.240. The van der Waals surface area contributed by atoms with Crippen molar-refractivity contribution in [1.82, 2.24) is 19.8 Å². The lowest BCUT2D eigenvalue weighted by Crippen LogP contribution is -2.41. The Kier molecular flexibility index (Phi) is 4.46. The summed E-state index contributed by atoms with van der Waals surface area (Å²) in [7, 11) is 0. The number of aromatic nitrogens is 2. The molecule has 1 saturated carbocycles. The van der Waals surface area contributed by atoms with Crippen LogP contribution in [-0.4, -0.2) is 63.7 Å². The molecule has 24 heavy (non-hydrogen) atoms. The fourth-order valence-corrected chi connectivity index (χ4v) is 2.85. The molecule has 0 aromatic carbocycles. The number of primary amides is 1. The first kappa shape index (κ1) is 16.4. The highest BCUT2D eigenvalue weighted by atomic mass is 16.2. The van der Waals surface area contributed by atoms with Gasteiger partial charge in [0.25, 0.3) is 5.91 Å². The Hall–Kier alpha value is -2.51. The summed E-state index contributed by atoms with van der Waals surface area (Å²) in [6.07, 6.45) is 5.27. The fourth-order valence-electron chi connectivity index (χ4n) is 2.85. The molecular formula is C16H21N5O3. The Bertz CT molecular complexity index is 656. The monoisotopic (exact) mass is 331 g/mol. The molecule has 3 rings (SSSR count). The van der Waals surface area contributed by atoms with Crippen LogP contribution in [0.4, 0.5) is 0 Å². The lowest BCUT2D eigenvalue weighted by Gasteiger charge is -2.22. The van der Waals surface area contributed by atoms with Crippen LogP contribution in [0.3, 0.4) is 0 Å². The van der Waals surface area contributed by atoms with Crippen LogP contribution in [0, 0.1) is 5.92 Å². The standard InChI is InChI=1S/C16H21N5O3/c1-10(22)20-4-5-21(9-13(8-20)14(17)23)16(24)12-6-18-15(19-7-12)11-2-3-11/h6-7,11,13H,2-5,8-9H2,1H3,(H2,17,23)/t13-/m1/s1. The molecule has 128 valence electrons. The first-order valence-corrected chi connectivity index (χ1v) is 8.11. The minimum absolute atomic E-state index is 0.132. The number of hydrogen-bond donors (Lipinski definition) is 1. The van der Waals surface area contributed by atoms with E-state index in [1.165, 1.54) is 19.3 Å². The fraction of sp³-hybridized carbons (Fsp3) is 0.562. The molecule has 8 heteroatoms. The molecule has 0 spiro atoms. The highest BCUT2D eigenvalue weighted by Crippen LogP contribution is 2.37. The minimum atomic E-state index is -0.577. The number of nitrogens with zero attached hydrogens (tertiary/aromatic N) is 4. The van der Waals surface area contributed by atoms with E-state index in [0.717, 1.165) is 18.7 Å². The summed E-state index contributed by atoms with van der Waals surface area (Å²) in [5.41, 5.74) is 5.81. The first-order chi connectivity index (χ1) is 11.5. The van der Waals surface area contributed by atoms with E-state index in [9.17, 15) is 14.4 Å². The van der Waals surface area contributed by atoms with Crippen molar-refractivity contribution in [3.63, 3.8) is 0 Å². The van der Waals surface area contributed by atoms with Gasteiger partial charge >= 0.3 is 0 Å². The first-order valence-electron chi connectivity index (χ1n) is 8.11. The maximum absolute atomic E-state index is 12.7. The molecule has 8 nitrogen and oxygen atoms in total. The molecule has 1 atom stereocenters. The zero-order valence-corrected chi connectivity index (χ0v) is 13.6.